The SMILES string of the molecule is CCCCCCCCc1c(O)c(O)cc2c1Oc1ccccc1O2. The van der Waals surface area contributed by atoms with Gasteiger partial charge < -0.3 is 19.7 Å². The van der Waals surface area contributed by atoms with Gasteiger partial charge in [-0.05, 0) is 25.0 Å². The van der Waals surface area contributed by atoms with E-state index in [0.717, 1.165) is 12.8 Å². The van der Waals surface area contributed by atoms with E-state index in [1.165, 1.54) is 31.7 Å². The van der Waals surface area contributed by atoms with Crippen LogP contribution in [0.25, 0.3) is 0 Å². The molecule has 4 nitrogen and oxygen atoms in total. The quantitative estimate of drug-likeness (QED) is 0.419. The van der Waals surface area contributed by atoms with Crippen molar-refractivity contribution in [1.29, 1.82) is 0 Å². The van der Waals surface area contributed by atoms with Gasteiger partial charge in [-0.1, -0.05) is 51.2 Å². The second-order valence-corrected chi connectivity index (χ2v) is 6.22. The zero-order valence-corrected chi connectivity index (χ0v) is 14.0. The summed E-state index contributed by atoms with van der Waals surface area (Å²) in [4.78, 5) is 0. The highest BCUT2D eigenvalue weighted by atomic mass is 16.6. The minimum atomic E-state index is -0.169. The van der Waals surface area contributed by atoms with Gasteiger partial charge in [0.15, 0.2) is 34.5 Å². The summed E-state index contributed by atoms with van der Waals surface area (Å²) in [6.45, 7) is 2.20. The third-order valence-electron chi connectivity index (χ3n) is 4.36. The summed E-state index contributed by atoms with van der Waals surface area (Å²) in [7, 11) is 0. The van der Waals surface area contributed by atoms with Crippen LogP contribution in [0.15, 0.2) is 30.3 Å². The van der Waals surface area contributed by atoms with Crippen LogP contribution >= 0.6 is 0 Å². The summed E-state index contributed by atoms with van der Waals surface area (Å²) < 4.78 is 11.8. The molecule has 0 atom stereocenters. The molecule has 0 aliphatic carbocycles. The summed E-state index contributed by atoms with van der Waals surface area (Å²) in [6.07, 6.45) is 7.62. The fraction of sp³-hybridized carbons (Fsp3) is 0.400. The molecule has 24 heavy (non-hydrogen) atoms. The zero-order valence-electron chi connectivity index (χ0n) is 14.0. The molecule has 2 aromatic rings. The standard InChI is InChI=1S/C20H24O4/c1-2-3-4-5-6-7-10-14-19(22)15(21)13-18-20(14)24-17-12-9-8-11-16(17)23-18/h8-9,11-13,21-22H,2-7,10H2,1H3. The summed E-state index contributed by atoms with van der Waals surface area (Å²) in [5.74, 6) is 1.92. The Morgan fingerprint density at radius 1 is 0.833 bits per heavy atom. The largest absolute Gasteiger partial charge is 0.504 e. The van der Waals surface area contributed by atoms with E-state index in [2.05, 4.69) is 6.92 Å². The van der Waals surface area contributed by atoms with E-state index in [4.69, 9.17) is 9.47 Å². The Kier molecular flexibility index (Phi) is 5.14. The molecule has 0 bridgehead atoms. The predicted molar refractivity (Wildman–Crippen MR) is 93.4 cm³/mol. The maximum Gasteiger partial charge on any atom is 0.177 e. The maximum absolute atomic E-state index is 10.3. The average molecular weight is 328 g/mol. The molecule has 0 amide bonds. The van der Waals surface area contributed by atoms with Crippen molar-refractivity contribution in [3.8, 4) is 34.5 Å². The predicted octanol–water partition coefficient (Wildman–Crippen LogP) is 5.90. The van der Waals surface area contributed by atoms with Crippen LogP contribution in [0.1, 0.15) is 51.0 Å². The van der Waals surface area contributed by atoms with Gasteiger partial charge in [-0.25, -0.2) is 0 Å². The first-order chi connectivity index (χ1) is 11.7. The van der Waals surface area contributed by atoms with Crippen LogP contribution in [0.2, 0.25) is 0 Å². The Morgan fingerprint density at radius 2 is 1.50 bits per heavy atom. The van der Waals surface area contributed by atoms with Gasteiger partial charge in [0.2, 0.25) is 0 Å². The highest BCUT2D eigenvalue weighted by Crippen LogP contribution is 2.52. The molecule has 0 saturated carbocycles. The molecule has 2 N–H and O–H groups in total. The first kappa shape index (κ1) is 16.5. The van der Waals surface area contributed by atoms with Gasteiger partial charge in [0, 0.05) is 11.6 Å². The lowest BCUT2D eigenvalue weighted by molar-refractivity contribution is 0.340. The number of hydrogen-bond donors (Lipinski definition) is 2. The summed E-state index contributed by atoms with van der Waals surface area (Å²) in [5, 5.41) is 20.2. The number of phenols is 2. The lowest BCUT2D eigenvalue weighted by atomic mass is 10.0. The summed E-state index contributed by atoms with van der Waals surface area (Å²) in [5.41, 5.74) is 0.620. The number of para-hydroxylation sites is 2. The molecule has 0 radical (unpaired) electrons. The fourth-order valence-corrected chi connectivity index (χ4v) is 3.02. The van der Waals surface area contributed by atoms with Crippen LogP contribution in [-0.2, 0) is 6.42 Å². The second-order valence-electron chi connectivity index (χ2n) is 6.22. The lowest BCUT2D eigenvalue weighted by Gasteiger charge is -2.23. The van der Waals surface area contributed by atoms with Gasteiger partial charge >= 0.3 is 0 Å². The van der Waals surface area contributed by atoms with Crippen LogP contribution in [-0.4, -0.2) is 10.2 Å². The van der Waals surface area contributed by atoms with Gasteiger partial charge in [0.05, 0.1) is 0 Å². The molecular formula is C20H24O4. The number of aromatic hydroxyl groups is 2. The third kappa shape index (κ3) is 3.42. The fourth-order valence-electron chi connectivity index (χ4n) is 3.02. The molecule has 0 aromatic heterocycles. The molecule has 1 heterocycles. The molecule has 0 spiro atoms. The van der Waals surface area contributed by atoms with Gasteiger partial charge in [0.1, 0.15) is 0 Å². The monoisotopic (exact) mass is 328 g/mol. The number of unbranched alkanes of at least 4 members (excludes halogenated alkanes) is 5. The second kappa shape index (κ2) is 7.47. The molecule has 0 saturated heterocycles. The third-order valence-corrected chi connectivity index (χ3v) is 4.36. The summed E-state index contributed by atoms with van der Waals surface area (Å²) in [6, 6.07) is 8.79. The summed E-state index contributed by atoms with van der Waals surface area (Å²) >= 11 is 0. The highest BCUT2D eigenvalue weighted by Gasteiger charge is 2.25. The molecular weight excluding hydrogens is 304 g/mol. The van der Waals surface area contributed by atoms with Gasteiger partial charge in [-0.15, -0.1) is 0 Å². The zero-order chi connectivity index (χ0) is 16.9. The van der Waals surface area contributed by atoms with Gasteiger partial charge in [-0.2, -0.15) is 0 Å². The first-order valence-corrected chi connectivity index (χ1v) is 8.73. The lowest BCUT2D eigenvalue weighted by Crippen LogP contribution is -2.02. The highest BCUT2D eigenvalue weighted by molar-refractivity contribution is 5.64. The molecule has 3 rings (SSSR count). The van der Waals surface area contributed by atoms with Crippen molar-refractivity contribution in [1.82, 2.24) is 0 Å². The van der Waals surface area contributed by atoms with E-state index in [1.807, 2.05) is 24.3 Å². The molecule has 128 valence electrons. The minimum absolute atomic E-state index is 0.106. The van der Waals surface area contributed by atoms with Crippen molar-refractivity contribution >= 4 is 0 Å². The Bertz CT molecular complexity index is 709. The molecule has 1 aliphatic heterocycles. The van der Waals surface area contributed by atoms with Gasteiger partial charge in [-0.3, -0.25) is 0 Å². The normalized spacial score (nSPS) is 12.0. The number of phenolic OH excluding ortho intramolecular Hbond substituents is 2. The van der Waals surface area contributed by atoms with E-state index >= 15 is 0 Å². The minimum Gasteiger partial charge on any atom is -0.504 e. The number of fused-ring (bicyclic) bond motifs is 2. The van der Waals surface area contributed by atoms with Crippen molar-refractivity contribution < 1.29 is 19.7 Å². The molecule has 2 aromatic carbocycles. The Hall–Kier alpha value is -2.36. The molecule has 0 fully saturated rings. The van der Waals surface area contributed by atoms with Crippen LogP contribution in [0.4, 0.5) is 0 Å². The van der Waals surface area contributed by atoms with E-state index in [1.54, 1.807) is 0 Å². The van der Waals surface area contributed by atoms with Crippen LogP contribution in [0, 0.1) is 0 Å². The number of rotatable bonds is 7. The van der Waals surface area contributed by atoms with Crippen molar-refractivity contribution in [2.45, 2.75) is 51.9 Å². The van der Waals surface area contributed by atoms with Crippen molar-refractivity contribution in [3.05, 3.63) is 35.9 Å². The number of benzene rings is 2. The van der Waals surface area contributed by atoms with E-state index in [-0.39, 0.29) is 11.5 Å². The van der Waals surface area contributed by atoms with E-state index in [9.17, 15) is 10.2 Å². The smallest absolute Gasteiger partial charge is 0.177 e. The first-order valence-electron chi connectivity index (χ1n) is 8.73. The maximum atomic E-state index is 10.3. The van der Waals surface area contributed by atoms with Crippen LogP contribution < -0.4 is 9.47 Å². The van der Waals surface area contributed by atoms with E-state index < -0.39 is 0 Å². The van der Waals surface area contributed by atoms with Gasteiger partial charge in [0.25, 0.3) is 0 Å². The average Bonchev–Trinajstić information content (AvgIpc) is 2.59. The molecule has 1 aliphatic rings. The number of hydrogen-bond acceptors (Lipinski definition) is 4. The topological polar surface area (TPSA) is 58.9 Å². The Morgan fingerprint density at radius 3 is 2.25 bits per heavy atom. The Balaban J connectivity index is 1.76. The van der Waals surface area contributed by atoms with Crippen LogP contribution in [0.5, 0.6) is 34.5 Å². The van der Waals surface area contributed by atoms with Crippen LogP contribution in [0.3, 0.4) is 0 Å². The molecule has 4 heteroatoms. The number of ether oxygens (including phenoxy) is 2. The van der Waals surface area contributed by atoms with Crippen molar-refractivity contribution in [2.24, 2.45) is 0 Å². The molecule has 0 unspecified atom stereocenters. The van der Waals surface area contributed by atoms with E-state index in [0.29, 0.717) is 35.0 Å². The Labute approximate surface area is 142 Å². The van der Waals surface area contributed by atoms with Crippen molar-refractivity contribution in [3.63, 3.8) is 0 Å². The van der Waals surface area contributed by atoms with Crippen molar-refractivity contribution in [2.75, 3.05) is 0 Å².